The summed E-state index contributed by atoms with van der Waals surface area (Å²) in [4.78, 5) is 13.9. The maximum absolute atomic E-state index is 12.0. The van der Waals surface area contributed by atoms with Crippen molar-refractivity contribution in [2.24, 2.45) is 5.92 Å². The van der Waals surface area contributed by atoms with Crippen LogP contribution in [0.4, 0.5) is 10.6 Å². The Labute approximate surface area is 102 Å². The zero-order chi connectivity index (χ0) is 12.4. The summed E-state index contributed by atoms with van der Waals surface area (Å²) in [5, 5.41) is 9.81. The number of anilines is 1. The summed E-state index contributed by atoms with van der Waals surface area (Å²) in [7, 11) is 0. The van der Waals surface area contributed by atoms with Gasteiger partial charge in [0.05, 0.1) is 0 Å². The minimum Gasteiger partial charge on any atom is -0.324 e. The molecule has 2 heterocycles. The number of aryl methyl sites for hydroxylation is 1. The SMILES string of the molecule is Cc1[nH]nc(NC(=O)N2CCC(C)CC2)c1C. The predicted octanol–water partition coefficient (Wildman–Crippen LogP) is 2.29. The number of hydrogen-bond acceptors (Lipinski definition) is 2. The average molecular weight is 236 g/mol. The number of urea groups is 1. The first-order valence-electron chi connectivity index (χ1n) is 6.15. The molecule has 0 atom stereocenters. The molecule has 0 unspecified atom stereocenters. The monoisotopic (exact) mass is 236 g/mol. The lowest BCUT2D eigenvalue weighted by molar-refractivity contribution is 0.186. The van der Waals surface area contributed by atoms with Crippen LogP contribution in [0.15, 0.2) is 0 Å². The molecular weight excluding hydrogens is 216 g/mol. The summed E-state index contributed by atoms with van der Waals surface area (Å²) >= 11 is 0. The van der Waals surface area contributed by atoms with Crippen molar-refractivity contribution >= 4 is 11.8 Å². The molecule has 0 aliphatic carbocycles. The Hall–Kier alpha value is -1.52. The number of H-pyrrole nitrogens is 1. The van der Waals surface area contributed by atoms with Crippen LogP contribution >= 0.6 is 0 Å². The van der Waals surface area contributed by atoms with Gasteiger partial charge in [0.25, 0.3) is 0 Å². The van der Waals surface area contributed by atoms with Gasteiger partial charge in [-0.1, -0.05) is 6.92 Å². The smallest absolute Gasteiger partial charge is 0.323 e. The minimum atomic E-state index is -0.0356. The molecule has 1 fully saturated rings. The Morgan fingerprint density at radius 3 is 2.59 bits per heavy atom. The van der Waals surface area contributed by atoms with E-state index in [0.29, 0.717) is 5.82 Å². The van der Waals surface area contributed by atoms with Crippen molar-refractivity contribution in [3.8, 4) is 0 Å². The zero-order valence-corrected chi connectivity index (χ0v) is 10.7. The van der Waals surface area contributed by atoms with E-state index in [1.807, 2.05) is 18.7 Å². The van der Waals surface area contributed by atoms with E-state index in [0.717, 1.165) is 43.1 Å². The van der Waals surface area contributed by atoms with Crippen molar-refractivity contribution in [1.29, 1.82) is 0 Å². The highest BCUT2D eigenvalue weighted by Crippen LogP contribution is 2.18. The molecule has 94 valence electrons. The standard InChI is InChI=1S/C12H20N4O/c1-8-4-6-16(7-5-8)12(17)13-11-9(2)10(3)14-15-11/h8H,4-7H2,1-3H3,(H2,13,14,15,17). The molecule has 1 aliphatic rings. The van der Waals surface area contributed by atoms with Crippen molar-refractivity contribution in [1.82, 2.24) is 15.1 Å². The summed E-state index contributed by atoms with van der Waals surface area (Å²) < 4.78 is 0. The van der Waals surface area contributed by atoms with Gasteiger partial charge >= 0.3 is 6.03 Å². The molecule has 1 saturated heterocycles. The summed E-state index contributed by atoms with van der Waals surface area (Å²) in [5.41, 5.74) is 2.00. The highest BCUT2D eigenvalue weighted by atomic mass is 16.2. The van der Waals surface area contributed by atoms with Crippen LogP contribution in [-0.4, -0.2) is 34.2 Å². The maximum atomic E-state index is 12.0. The molecule has 0 bridgehead atoms. The third-order valence-corrected chi connectivity index (χ3v) is 3.55. The van der Waals surface area contributed by atoms with E-state index in [1.54, 1.807) is 0 Å². The van der Waals surface area contributed by atoms with Gasteiger partial charge in [-0.25, -0.2) is 4.79 Å². The van der Waals surface area contributed by atoms with E-state index in [9.17, 15) is 4.79 Å². The molecule has 1 aromatic heterocycles. The normalized spacial score (nSPS) is 17.2. The Morgan fingerprint density at radius 2 is 2.06 bits per heavy atom. The molecule has 2 N–H and O–H groups in total. The molecule has 2 rings (SSSR count). The van der Waals surface area contributed by atoms with Gasteiger partial charge in [0, 0.05) is 24.3 Å². The van der Waals surface area contributed by atoms with E-state index in [4.69, 9.17) is 0 Å². The Morgan fingerprint density at radius 1 is 1.41 bits per heavy atom. The lowest BCUT2D eigenvalue weighted by atomic mass is 10.00. The van der Waals surface area contributed by atoms with E-state index in [-0.39, 0.29) is 6.03 Å². The molecule has 0 aromatic carbocycles. The third kappa shape index (κ3) is 2.60. The number of carbonyl (C=O) groups is 1. The Balaban J connectivity index is 1.95. The number of rotatable bonds is 1. The lowest BCUT2D eigenvalue weighted by Crippen LogP contribution is -2.40. The molecule has 5 nitrogen and oxygen atoms in total. The zero-order valence-electron chi connectivity index (χ0n) is 10.7. The highest BCUT2D eigenvalue weighted by molar-refractivity contribution is 5.89. The highest BCUT2D eigenvalue weighted by Gasteiger charge is 2.21. The average Bonchev–Trinajstić information content (AvgIpc) is 2.62. The fourth-order valence-electron chi connectivity index (χ4n) is 2.00. The molecule has 1 aliphatic heterocycles. The fraction of sp³-hybridized carbons (Fsp3) is 0.667. The fourth-order valence-corrected chi connectivity index (χ4v) is 2.00. The van der Waals surface area contributed by atoms with Crippen LogP contribution in [0.5, 0.6) is 0 Å². The summed E-state index contributed by atoms with van der Waals surface area (Å²) in [5.74, 6) is 1.37. The summed E-state index contributed by atoms with van der Waals surface area (Å²) in [6.07, 6.45) is 2.18. The topological polar surface area (TPSA) is 61.0 Å². The van der Waals surface area contributed by atoms with Gasteiger partial charge < -0.3 is 4.90 Å². The molecule has 5 heteroatoms. The van der Waals surface area contributed by atoms with Crippen molar-refractivity contribution in [2.75, 3.05) is 18.4 Å². The molecule has 2 amide bonds. The second kappa shape index (κ2) is 4.77. The predicted molar refractivity (Wildman–Crippen MR) is 67.1 cm³/mol. The minimum absolute atomic E-state index is 0.0356. The van der Waals surface area contributed by atoms with Crippen LogP contribution in [0.1, 0.15) is 31.0 Å². The number of nitrogens with zero attached hydrogens (tertiary/aromatic N) is 2. The van der Waals surface area contributed by atoms with Gasteiger partial charge in [0.15, 0.2) is 5.82 Å². The Kier molecular flexibility index (Phi) is 3.36. The number of likely N-dealkylation sites (tertiary alicyclic amines) is 1. The first kappa shape index (κ1) is 12.0. The summed E-state index contributed by atoms with van der Waals surface area (Å²) in [6.45, 7) is 7.81. The molecule has 0 radical (unpaired) electrons. The first-order valence-corrected chi connectivity index (χ1v) is 6.15. The van der Waals surface area contributed by atoms with Crippen LogP contribution in [-0.2, 0) is 0 Å². The van der Waals surface area contributed by atoms with Crippen LogP contribution in [0, 0.1) is 19.8 Å². The van der Waals surface area contributed by atoms with Crippen LogP contribution in [0.25, 0.3) is 0 Å². The molecule has 0 spiro atoms. The Bertz CT molecular complexity index is 405. The van der Waals surface area contributed by atoms with Gasteiger partial charge in [-0.3, -0.25) is 10.4 Å². The van der Waals surface area contributed by atoms with E-state index in [1.165, 1.54) is 0 Å². The quantitative estimate of drug-likeness (QED) is 0.786. The number of amides is 2. The molecule has 1 aromatic rings. The van der Waals surface area contributed by atoms with Gasteiger partial charge in [0.2, 0.25) is 0 Å². The van der Waals surface area contributed by atoms with Crippen LogP contribution in [0.3, 0.4) is 0 Å². The van der Waals surface area contributed by atoms with Crippen LogP contribution in [0.2, 0.25) is 0 Å². The van der Waals surface area contributed by atoms with E-state index >= 15 is 0 Å². The van der Waals surface area contributed by atoms with Crippen molar-refractivity contribution in [3.05, 3.63) is 11.3 Å². The summed E-state index contributed by atoms with van der Waals surface area (Å²) in [6, 6.07) is -0.0356. The number of aromatic nitrogens is 2. The second-order valence-corrected chi connectivity index (χ2v) is 4.92. The largest absolute Gasteiger partial charge is 0.324 e. The number of nitrogens with one attached hydrogen (secondary N) is 2. The van der Waals surface area contributed by atoms with Crippen molar-refractivity contribution in [3.63, 3.8) is 0 Å². The number of piperidine rings is 1. The second-order valence-electron chi connectivity index (χ2n) is 4.92. The molecular formula is C12H20N4O. The van der Waals surface area contributed by atoms with Crippen LogP contribution < -0.4 is 5.32 Å². The first-order chi connectivity index (χ1) is 8.08. The van der Waals surface area contributed by atoms with Crippen molar-refractivity contribution < 1.29 is 4.79 Å². The molecule has 17 heavy (non-hydrogen) atoms. The van der Waals surface area contributed by atoms with E-state index in [2.05, 4.69) is 22.4 Å². The van der Waals surface area contributed by atoms with Gasteiger partial charge in [-0.2, -0.15) is 5.10 Å². The number of carbonyl (C=O) groups excluding carboxylic acids is 1. The third-order valence-electron chi connectivity index (χ3n) is 3.55. The van der Waals surface area contributed by atoms with Crippen molar-refractivity contribution in [2.45, 2.75) is 33.6 Å². The van der Waals surface area contributed by atoms with Gasteiger partial charge in [0.1, 0.15) is 0 Å². The number of hydrogen-bond donors (Lipinski definition) is 2. The van der Waals surface area contributed by atoms with E-state index < -0.39 is 0 Å². The number of aromatic amines is 1. The molecule has 0 saturated carbocycles. The lowest BCUT2D eigenvalue weighted by Gasteiger charge is -2.30. The maximum Gasteiger partial charge on any atom is 0.323 e. The van der Waals surface area contributed by atoms with Gasteiger partial charge in [-0.15, -0.1) is 0 Å². The van der Waals surface area contributed by atoms with Gasteiger partial charge in [-0.05, 0) is 32.6 Å².